The van der Waals surface area contributed by atoms with Gasteiger partial charge in [-0.1, -0.05) is 6.92 Å². The van der Waals surface area contributed by atoms with Gasteiger partial charge in [-0.15, -0.1) is 0 Å². The van der Waals surface area contributed by atoms with Gasteiger partial charge in [0.2, 0.25) is 10.0 Å². The molecule has 1 aromatic rings. The lowest BCUT2D eigenvalue weighted by atomic mass is 10.0. The number of piperidine rings is 1. The van der Waals surface area contributed by atoms with Crippen molar-refractivity contribution in [3.05, 3.63) is 28.3 Å². The number of nitro benzene ring substituents is 1. The van der Waals surface area contributed by atoms with Crippen LogP contribution in [0, 0.1) is 16.0 Å². The maximum atomic E-state index is 13.0. The van der Waals surface area contributed by atoms with Gasteiger partial charge >= 0.3 is 0 Å². The zero-order valence-corrected chi connectivity index (χ0v) is 16.9. The van der Waals surface area contributed by atoms with Crippen LogP contribution >= 0.6 is 0 Å². The number of benzene rings is 1. The number of quaternary nitrogens is 1. The average molecular weight is 398 g/mol. The van der Waals surface area contributed by atoms with Gasteiger partial charge in [-0.25, -0.2) is 8.42 Å². The van der Waals surface area contributed by atoms with Crippen LogP contribution in [0.2, 0.25) is 0 Å². The Bertz CT molecular complexity index is 799. The Kier molecular flexibility index (Phi) is 6.02. The van der Waals surface area contributed by atoms with E-state index >= 15 is 0 Å². The number of nitrogens with one attached hydrogen (secondary N) is 1. The smallest absolute Gasteiger partial charge is 0.293 e. The maximum absolute atomic E-state index is 13.0. The molecule has 2 atom stereocenters. The number of rotatable bonds is 4. The summed E-state index contributed by atoms with van der Waals surface area (Å²) in [6, 6.07) is 4.38. The molecule has 0 bridgehead atoms. The van der Waals surface area contributed by atoms with Gasteiger partial charge in [0, 0.05) is 32.1 Å². The van der Waals surface area contributed by atoms with Gasteiger partial charge in [0.25, 0.3) is 5.69 Å². The van der Waals surface area contributed by atoms with E-state index < -0.39 is 14.9 Å². The molecule has 0 radical (unpaired) electrons. The Morgan fingerprint density at radius 1 is 1.19 bits per heavy atom. The SMILES string of the molecule is C[C@@H]1CCCN(S(=O)(=O)c2ccc(N3CCC[NH+](C)CC3)c([N+](=O)[O-])c2)C1. The van der Waals surface area contributed by atoms with Gasteiger partial charge < -0.3 is 9.80 Å². The lowest BCUT2D eigenvalue weighted by Crippen LogP contribution is -3.09. The number of nitro groups is 1. The second kappa shape index (κ2) is 8.12. The standard InChI is InChI=1S/C18H28N4O4S/c1-15-5-3-10-21(14-15)27(25,26)16-6-7-17(18(13-16)22(23)24)20-9-4-8-19(2)11-12-20/h6-7,13,15H,3-5,8-12,14H2,1-2H3/p+1/t15-/m1/s1. The summed E-state index contributed by atoms with van der Waals surface area (Å²) in [7, 11) is -1.59. The van der Waals surface area contributed by atoms with E-state index in [1.807, 2.05) is 11.8 Å². The van der Waals surface area contributed by atoms with E-state index in [1.54, 1.807) is 6.07 Å². The maximum Gasteiger partial charge on any atom is 0.293 e. The number of likely N-dealkylation sites (N-methyl/N-ethyl adjacent to an activating group) is 1. The Labute approximate surface area is 160 Å². The summed E-state index contributed by atoms with van der Waals surface area (Å²) in [4.78, 5) is 14.7. The fourth-order valence-electron chi connectivity index (χ4n) is 3.97. The highest BCUT2D eigenvalue weighted by Crippen LogP contribution is 2.33. The first kappa shape index (κ1) is 20.0. The normalized spacial score (nSPS) is 25.2. The van der Waals surface area contributed by atoms with Gasteiger partial charge in [0.1, 0.15) is 5.69 Å². The molecule has 2 aliphatic rings. The largest absolute Gasteiger partial charge is 0.360 e. The lowest BCUT2D eigenvalue weighted by molar-refractivity contribution is -0.876. The highest BCUT2D eigenvalue weighted by Gasteiger charge is 2.31. The molecule has 27 heavy (non-hydrogen) atoms. The summed E-state index contributed by atoms with van der Waals surface area (Å²) < 4.78 is 27.4. The van der Waals surface area contributed by atoms with Crippen molar-refractivity contribution in [1.29, 1.82) is 0 Å². The van der Waals surface area contributed by atoms with Gasteiger partial charge in [0.15, 0.2) is 0 Å². The molecule has 1 unspecified atom stereocenters. The van der Waals surface area contributed by atoms with Crippen LogP contribution in [-0.4, -0.2) is 64.0 Å². The number of anilines is 1. The third kappa shape index (κ3) is 4.41. The van der Waals surface area contributed by atoms with Crippen LogP contribution in [0.15, 0.2) is 23.1 Å². The molecular formula is C18H29N4O4S+. The fourth-order valence-corrected chi connectivity index (χ4v) is 5.59. The minimum Gasteiger partial charge on any atom is -0.360 e. The molecule has 2 heterocycles. The van der Waals surface area contributed by atoms with Crippen LogP contribution in [0.5, 0.6) is 0 Å². The minimum atomic E-state index is -3.71. The quantitative estimate of drug-likeness (QED) is 0.598. The summed E-state index contributed by atoms with van der Waals surface area (Å²) in [5.41, 5.74) is 0.390. The van der Waals surface area contributed by atoms with Crippen molar-refractivity contribution in [1.82, 2.24) is 4.31 Å². The van der Waals surface area contributed by atoms with E-state index in [4.69, 9.17) is 0 Å². The highest BCUT2D eigenvalue weighted by atomic mass is 32.2. The molecule has 0 aromatic heterocycles. The molecule has 9 heteroatoms. The third-order valence-electron chi connectivity index (χ3n) is 5.58. The highest BCUT2D eigenvalue weighted by molar-refractivity contribution is 7.89. The van der Waals surface area contributed by atoms with E-state index in [0.29, 0.717) is 24.7 Å². The van der Waals surface area contributed by atoms with Crippen LogP contribution in [0.1, 0.15) is 26.2 Å². The molecule has 0 saturated carbocycles. The first-order chi connectivity index (χ1) is 12.8. The van der Waals surface area contributed by atoms with Gasteiger partial charge in [0.05, 0.1) is 36.5 Å². The van der Waals surface area contributed by atoms with Gasteiger partial charge in [-0.2, -0.15) is 4.31 Å². The zero-order valence-electron chi connectivity index (χ0n) is 16.1. The summed E-state index contributed by atoms with van der Waals surface area (Å²) in [5, 5.41) is 11.7. The van der Waals surface area contributed by atoms with Crippen LogP contribution in [-0.2, 0) is 10.0 Å². The molecule has 2 aliphatic heterocycles. The molecule has 1 aromatic carbocycles. The first-order valence-corrected chi connectivity index (χ1v) is 11.1. The topological polar surface area (TPSA) is 88.2 Å². The first-order valence-electron chi connectivity index (χ1n) is 9.64. The van der Waals surface area contributed by atoms with E-state index in [1.165, 1.54) is 21.3 Å². The monoisotopic (exact) mass is 397 g/mol. The Morgan fingerprint density at radius 3 is 2.67 bits per heavy atom. The van der Waals surface area contributed by atoms with Crippen molar-refractivity contribution in [2.75, 3.05) is 51.2 Å². The molecule has 3 rings (SSSR count). The summed E-state index contributed by atoms with van der Waals surface area (Å²) in [5.74, 6) is 0.305. The van der Waals surface area contributed by atoms with Crippen LogP contribution in [0.25, 0.3) is 0 Å². The van der Waals surface area contributed by atoms with E-state index in [0.717, 1.165) is 45.4 Å². The Morgan fingerprint density at radius 2 is 1.96 bits per heavy atom. The summed E-state index contributed by atoms with van der Waals surface area (Å²) in [6.45, 7) is 6.39. The van der Waals surface area contributed by atoms with Crippen molar-refractivity contribution < 1.29 is 18.2 Å². The zero-order chi connectivity index (χ0) is 19.6. The molecule has 0 spiro atoms. The molecule has 0 aliphatic carbocycles. The number of hydrogen-bond donors (Lipinski definition) is 1. The molecule has 2 fully saturated rings. The van der Waals surface area contributed by atoms with Crippen LogP contribution in [0.4, 0.5) is 11.4 Å². The van der Waals surface area contributed by atoms with Crippen LogP contribution < -0.4 is 9.80 Å². The van der Waals surface area contributed by atoms with Crippen LogP contribution in [0.3, 0.4) is 0 Å². The second-order valence-electron chi connectivity index (χ2n) is 7.82. The summed E-state index contributed by atoms with van der Waals surface area (Å²) >= 11 is 0. The van der Waals surface area contributed by atoms with Gasteiger partial charge in [-0.3, -0.25) is 10.1 Å². The molecular weight excluding hydrogens is 368 g/mol. The van der Waals surface area contributed by atoms with Gasteiger partial charge in [-0.05, 0) is 30.9 Å². The van der Waals surface area contributed by atoms with Crippen molar-refractivity contribution >= 4 is 21.4 Å². The van der Waals surface area contributed by atoms with E-state index in [2.05, 4.69) is 7.05 Å². The average Bonchev–Trinajstić information content (AvgIpc) is 2.85. The predicted molar refractivity (Wildman–Crippen MR) is 104 cm³/mol. The second-order valence-corrected chi connectivity index (χ2v) is 9.75. The fraction of sp³-hybridized carbons (Fsp3) is 0.667. The van der Waals surface area contributed by atoms with Crippen molar-refractivity contribution in [3.63, 3.8) is 0 Å². The number of hydrogen-bond acceptors (Lipinski definition) is 5. The minimum absolute atomic E-state index is 0.0182. The Balaban J connectivity index is 1.92. The number of sulfonamides is 1. The van der Waals surface area contributed by atoms with Crippen molar-refractivity contribution in [2.45, 2.75) is 31.1 Å². The third-order valence-corrected chi connectivity index (χ3v) is 7.44. The number of nitrogens with zero attached hydrogens (tertiary/aromatic N) is 3. The molecule has 150 valence electrons. The van der Waals surface area contributed by atoms with Crippen molar-refractivity contribution in [3.8, 4) is 0 Å². The predicted octanol–water partition coefficient (Wildman–Crippen LogP) is 0.740. The Hall–Kier alpha value is -1.71. The van der Waals surface area contributed by atoms with Crippen molar-refractivity contribution in [2.24, 2.45) is 5.92 Å². The molecule has 2 saturated heterocycles. The molecule has 1 N–H and O–H groups in total. The molecule has 0 amide bonds. The lowest BCUT2D eigenvalue weighted by Gasteiger charge is -2.30. The van der Waals surface area contributed by atoms with E-state index in [-0.39, 0.29) is 10.6 Å². The molecule has 8 nitrogen and oxygen atoms in total. The summed E-state index contributed by atoms with van der Waals surface area (Å²) in [6.07, 6.45) is 2.79. The van der Waals surface area contributed by atoms with E-state index in [9.17, 15) is 18.5 Å².